The van der Waals surface area contributed by atoms with Crippen LogP contribution >= 0.6 is 0 Å². The molecule has 0 bridgehead atoms. The maximum atomic E-state index is 12.5. The zero-order valence-corrected chi connectivity index (χ0v) is 11.6. The smallest absolute Gasteiger partial charge is 0.195 e. The second kappa shape index (κ2) is 6.26. The number of rotatable bonds is 3. The molecule has 0 amide bonds. The van der Waals surface area contributed by atoms with Crippen molar-refractivity contribution in [3.8, 4) is 11.8 Å². The molecule has 0 heterocycles. The van der Waals surface area contributed by atoms with Crippen molar-refractivity contribution in [1.29, 1.82) is 0 Å². The molecule has 1 aromatic carbocycles. The molecule has 0 spiro atoms. The van der Waals surface area contributed by atoms with Gasteiger partial charge in [-0.2, -0.15) is 30.6 Å². The monoisotopic (exact) mass is 306 g/mol. The second-order valence-corrected chi connectivity index (χ2v) is 5.96. The van der Waals surface area contributed by atoms with E-state index >= 15 is 0 Å². The minimum absolute atomic E-state index is 0.170. The molecular formula is C12H13F3N2O2S. The van der Waals surface area contributed by atoms with E-state index in [-0.39, 0.29) is 12.1 Å². The third-order valence-electron chi connectivity index (χ3n) is 2.25. The van der Waals surface area contributed by atoms with Crippen molar-refractivity contribution >= 4 is 10.2 Å². The SMILES string of the molecule is CN(C)S(=O)(=O)NCC#Cc1cccc(C(F)(F)F)c1. The van der Waals surface area contributed by atoms with Crippen LogP contribution in [0.5, 0.6) is 0 Å². The Morgan fingerprint density at radius 1 is 1.30 bits per heavy atom. The standard InChI is InChI=1S/C12H13F3N2O2S/c1-17(2)20(18,19)16-8-4-6-10-5-3-7-11(9-10)12(13,14)15/h3,5,7,9,16H,8H2,1-2H3. The van der Waals surface area contributed by atoms with Crippen molar-refractivity contribution in [1.82, 2.24) is 9.03 Å². The van der Waals surface area contributed by atoms with Gasteiger partial charge in [0.25, 0.3) is 10.2 Å². The summed E-state index contributed by atoms with van der Waals surface area (Å²) < 4.78 is 63.2. The first-order chi connectivity index (χ1) is 9.13. The van der Waals surface area contributed by atoms with Crippen LogP contribution in [0.2, 0.25) is 0 Å². The Morgan fingerprint density at radius 2 is 1.95 bits per heavy atom. The fourth-order valence-electron chi connectivity index (χ4n) is 1.18. The molecule has 0 aromatic heterocycles. The fourth-order valence-corrected chi connectivity index (χ4v) is 1.69. The van der Waals surface area contributed by atoms with Crippen LogP contribution in [0.15, 0.2) is 24.3 Å². The fraction of sp³-hybridized carbons (Fsp3) is 0.333. The molecule has 1 aromatic rings. The van der Waals surface area contributed by atoms with E-state index in [0.29, 0.717) is 0 Å². The van der Waals surface area contributed by atoms with Crippen LogP contribution in [-0.4, -0.2) is 33.4 Å². The first-order valence-electron chi connectivity index (χ1n) is 5.46. The molecule has 0 saturated heterocycles. The predicted molar refractivity (Wildman–Crippen MR) is 68.9 cm³/mol. The zero-order chi connectivity index (χ0) is 15.4. The number of hydrogen-bond donors (Lipinski definition) is 1. The van der Waals surface area contributed by atoms with E-state index in [1.165, 1.54) is 26.2 Å². The quantitative estimate of drug-likeness (QED) is 0.859. The van der Waals surface area contributed by atoms with Crippen LogP contribution in [0.4, 0.5) is 13.2 Å². The van der Waals surface area contributed by atoms with E-state index in [4.69, 9.17) is 0 Å². The highest BCUT2D eigenvalue weighted by Gasteiger charge is 2.30. The molecule has 0 radical (unpaired) electrons. The van der Waals surface area contributed by atoms with Crippen molar-refractivity contribution in [3.63, 3.8) is 0 Å². The molecule has 1 rings (SSSR count). The van der Waals surface area contributed by atoms with Crippen LogP contribution in [0.25, 0.3) is 0 Å². The topological polar surface area (TPSA) is 49.4 Å². The van der Waals surface area contributed by atoms with E-state index in [1.54, 1.807) is 0 Å². The summed E-state index contributed by atoms with van der Waals surface area (Å²) in [5.74, 6) is 4.93. The van der Waals surface area contributed by atoms with Crippen LogP contribution in [0.3, 0.4) is 0 Å². The number of nitrogens with zero attached hydrogens (tertiary/aromatic N) is 1. The number of benzene rings is 1. The van der Waals surface area contributed by atoms with Gasteiger partial charge in [-0.05, 0) is 18.2 Å². The van der Waals surface area contributed by atoms with Crippen molar-refractivity contribution in [2.45, 2.75) is 6.18 Å². The van der Waals surface area contributed by atoms with Crippen LogP contribution in [0, 0.1) is 11.8 Å². The van der Waals surface area contributed by atoms with Gasteiger partial charge < -0.3 is 0 Å². The lowest BCUT2D eigenvalue weighted by molar-refractivity contribution is -0.137. The summed E-state index contributed by atoms with van der Waals surface area (Å²) in [6, 6.07) is 4.52. The highest BCUT2D eigenvalue weighted by atomic mass is 32.2. The van der Waals surface area contributed by atoms with Gasteiger partial charge >= 0.3 is 6.18 Å². The molecule has 0 saturated carbocycles. The van der Waals surface area contributed by atoms with Gasteiger partial charge in [0.15, 0.2) is 0 Å². The molecule has 4 nitrogen and oxygen atoms in total. The van der Waals surface area contributed by atoms with Gasteiger partial charge in [-0.3, -0.25) is 0 Å². The van der Waals surface area contributed by atoms with Crippen LogP contribution < -0.4 is 4.72 Å². The Hall–Kier alpha value is -1.56. The Kier molecular flexibility index (Phi) is 5.16. The van der Waals surface area contributed by atoms with Crippen molar-refractivity contribution in [2.24, 2.45) is 0 Å². The van der Waals surface area contributed by atoms with Crippen molar-refractivity contribution < 1.29 is 21.6 Å². The molecule has 0 unspecified atom stereocenters. The summed E-state index contributed by atoms with van der Waals surface area (Å²) in [4.78, 5) is 0. The normalized spacial score (nSPS) is 12.1. The van der Waals surface area contributed by atoms with Gasteiger partial charge in [0.1, 0.15) is 0 Å². The van der Waals surface area contributed by atoms with Gasteiger partial charge in [0, 0.05) is 19.7 Å². The number of halogens is 3. The third kappa shape index (κ3) is 4.85. The number of nitrogens with one attached hydrogen (secondary N) is 1. The highest BCUT2D eigenvalue weighted by molar-refractivity contribution is 7.87. The summed E-state index contributed by atoms with van der Waals surface area (Å²) in [5, 5.41) is 0. The van der Waals surface area contributed by atoms with Gasteiger partial charge in [0.05, 0.1) is 12.1 Å². The molecule has 1 N–H and O–H groups in total. The van der Waals surface area contributed by atoms with Crippen molar-refractivity contribution in [3.05, 3.63) is 35.4 Å². The zero-order valence-electron chi connectivity index (χ0n) is 10.8. The van der Waals surface area contributed by atoms with E-state index < -0.39 is 21.9 Å². The Bertz CT molecular complexity index is 628. The van der Waals surface area contributed by atoms with Gasteiger partial charge in [-0.25, -0.2) is 0 Å². The summed E-state index contributed by atoms with van der Waals surface area (Å²) in [6.07, 6.45) is -4.43. The van der Waals surface area contributed by atoms with E-state index in [2.05, 4.69) is 16.6 Å². The molecule has 0 aliphatic heterocycles. The summed E-state index contributed by atoms with van der Waals surface area (Å²) in [5.41, 5.74) is -0.623. The molecule has 8 heteroatoms. The Morgan fingerprint density at radius 3 is 2.50 bits per heavy atom. The average molecular weight is 306 g/mol. The van der Waals surface area contributed by atoms with Gasteiger partial charge in [-0.15, -0.1) is 0 Å². The summed E-state index contributed by atoms with van der Waals surface area (Å²) in [6.45, 7) is -0.184. The lowest BCUT2D eigenvalue weighted by Crippen LogP contribution is -2.35. The van der Waals surface area contributed by atoms with Gasteiger partial charge in [0.2, 0.25) is 0 Å². The Labute approximate surface area is 115 Å². The summed E-state index contributed by atoms with van der Waals surface area (Å²) in [7, 11) is -0.884. The molecular weight excluding hydrogens is 293 g/mol. The third-order valence-corrected chi connectivity index (χ3v) is 3.72. The predicted octanol–water partition coefficient (Wildman–Crippen LogP) is 1.45. The number of alkyl halides is 3. The van der Waals surface area contributed by atoms with E-state index in [1.807, 2.05) is 0 Å². The number of hydrogen-bond acceptors (Lipinski definition) is 2. The lowest BCUT2D eigenvalue weighted by atomic mass is 10.1. The molecule has 0 atom stereocenters. The summed E-state index contributed by atoms with van der Waals surface area (Å²) >= 11 is 0. The first kappa shape index (κ1) is 16.5. The molecule has 0 aliphatic rings. The van der Waals surface area contributed by atoms with Crippen LogP contribution in [0.1, 0.15) is 11.1 Å². The molecule has 110 valence electrons. The van der Waals surface area contributed by atoms with Crippen molar-refractivity contribution in [2.75, 3.05) is 20.6 Å². The van der Waals surface area contributed by atoms with E-state index in [0.717, 1.165) is 16.4 Å². The highest BCUT2D eigenvalue weighted by Crippen LogP contribution is 2.29. The lowest BCUT2D eigenvalue weighted by Gasteiger charge is -2.09. The molecule has 0 aliphatic carbocycles. The van der Waals surface area contributed by atoms with E-state index in [9.17, 15) is 21.6 Å². The van der Waals surface area contributed by atoms with Gasteiger partial charge in [-0.1, -0.05) is 17.9 Å². The Balaban J connectivity index is 2.75. The first-order valence-corrected chi connectivity index (χ1v) is 6.90. The minimum Gasteiger partial charge on any atom is -0.195 e. The molecule has 20 heavy (non-hydrogen) atoms. The largest absolute Gasteiger partial charge is 0.416 e. The van der Waals surface area contributed by atoms with Crippen LogP contribution in [-0.2, 0) is 16.4 Å². The minimum atomic E-state index is -4.43. The second-order valence-electron chi connectivity index (χ2n) is 3.99. The average Bonchev–Trinajstić information content (AvgIpc) is 2.34. The maximum Gasteiger partial charge on any atom is 0.416 e. The maximum absolute atomic E-state index is 12.5. The molecule has 0 fully saturated rings.